The van der Waals surface area contributed by atoms with Crippen molar-refractivity contribution in [2.45, 2.75) is 13.7 Å². The molecule has 60 heavy (non-hydrogen) atoms. The fourth-order valence-corrected chi connectivity index (χ4v) is 9.45. The fourth-order valence-electron chi connectivity index (χ4n) is 9.45. The van der Waals surface area contributed by atoms with Crippen LogP contribution < -0.4 is 9.80 Å². The monoisotopic (exact) mass is 782 g/mol. The lowest BCUT2D eigenvalue weighted by Crippen LogP contribution is -2.09. The maximum absolute atomic E-state index is 9.06. The number of anilines is 6. The third-order valence-electron chi connectivity index (χ3n) is 11.9. The maximum atomic E-state index is 9.06. The lowest BCUT2D eigenvalue weighted by atomic mass is 10.0. The van der Waals surface area contributed by atoms with Gasteiger partial charge in [0.2, 0.25) is 0 Å². The SMILES string of the molecule is [2H]c1c([2H])c([2H])c(N(c2ccc(C([2H])([2H])[2H])cc2)c2ccc3c4cccc5c6cc7c(cc6n(c3c2)c45)c2cccc3c4ccc(N(c5ccc(C([2H])([2H])[2H])cc5)c5c([2H])c([2H])c([2H])c([2H])c5[2H])cc4n7c32)c([2H])c1[2H]. The van der Waals surface area contributed by atoms with Crippen molar-refractivity contribution in [3.63, 3.8) is 0 Å². The summed E-state index contributed by atoms with van der Waals surface area (Å²) < 4.78 is 140. The van der Waals surface area contributed by atoms with Gasteiger partial charge in [0.15, 0.2) is 0 Å². The quantitative estimate of drug-likeness (QED) is 0.167. The van der Waals surface area contributed by atoms with Crippen LogP contribution >= 0.6 is 0 Å². The Morgan fingerprint density at radius 3 is 1.12 bits per heavy atom. The molecule has 0 aliphatic carbocycles. The molecule has 0 saturated heterocycles. The second kappa shape index (κ2) is 12.3. The van der Waals surface area contributed by atoms with E-state index in [1.54, 1.807) is 34.1 Å². The van der Waals surface area contributed by atoms with Gasteiger partial charge in [-0.25, -0.2) is 0 Å². The molecule has 4 heterocycles. The molecule has 0 atom stereocenters. The van der Waals surface area contributed by atoms with Gasteiger partial charge < -0.3 is 18.6 Å². The topological polar surface area (TPSA) is 15.3 Å². The number of benzene rings is 9. The van der Waals surface area contributed by atoms with E-state index in [-0.39, 0.29) is 22.5 Å². The van der Waals surface area contributed by atoms with Gasteiger partial charge in [0.25, 0.3) is 0 Å². The van der Waals surface area contributed by atoms with Crippen molar-refractivity contribution in [2.75, 3.05) is 9.80 Å². The Kier molecular flexibility index (Phi) is 4.37. The average Bonchev–Trinajstić information content (AvgIpc) is 4.33. The highest BCUT2D eigenvalue weighted by molar-refractivity contribution is 6.29. The van der Waals surface area contributed by atoms with Crippen molar-refractivity contribution in [1.82, 2.24) is 8.80 Å². The third-order valence-corrected chi connectivity index (χ3v) is 11.9. The van der Waals surface area contributed by atoms with Gasteiger partial charge in [0, 0.05) is 85.4 Å². The molecule has 0 fully saturated rings. The lowest BCUT2D eigenvalue weighted by Gasteiger charge is -2.25. The van der Waals surface area contributed by atoms with Gasteiger partial charge in [0.05, 0.1) is 46.8 Å². The lowest BCUT2D eigenvalue weighted by molar-refractivity contribution is 1.27. The molecule has 0 amide bonds. The van der Waals surface area contributed by atoms with Gasteiger partial charge in [-0.1, -0.05) is 120 Å². The first-order valence-electron chi connectivity index (χ1n) is 27.4. The minimum Gasteiger partial charge on any atom is -0.310 e. The largest absolute Gasteiger partial charge is 0.310 e. The van der Waals surface area contributed by atoms with Crippen LogP contribution in [0.1, 0.15) is 33.1 Å². The Labute approximate surface area is 369 Å². The van der Waals surface area contributed by atoms with Gasteiger partial charge in [-0.15, -0.1) is 0 Å². The molecule has 13 aromatic rings. The Hall–Kier alpha value is -7.82. The molecule has 0 saturated carbocycles. The smallest absolute Gasteiger partial charge is 0.0645 e. The molecule has 9 aromatic carbocycles. The molecule has 4 nitrogen and oxygen atoms in total. The van der Waals surface area contributed by atoms with Crippen LogP contribution in [0.5, 0.6) is 0 Å². The minimum atomic E-state index is -2.40. The molecule has 0 radical (unpaired) electrons. The van der Waals surface area contributed by atoms with Crippen LogP contribution in [0.2, 0.25) is 0 Å². The summed E-state index contributed by atoms with van der Waals surface area (Å²) in [7, 11) is 0. The van der Waals surface area contributed by atoms with Crippen molar-refractivity contribution in [1.29, 1.82) is 0 Å². The van der Waals surface area contributed by atoms with Crippen molar-refractivity contribution in [3.8, 4) is 0 Å². The Bertz CT molecular complexity index is 4260. The van der Waals surface area contributed by atoms with Crippen LogP contribution in [0, 0.1) is 13.7 Å². The zero-order valence-corrected chi connectivity index (χ0v) is 31.5. The fraction of sp³-hybridized carbons (Fsp3) is 0.0357. The van der Waals surface area contributed by atoms with E-state index >= 15 is 0 Å². The first kappa shape index (κ1) is 21.3. The van der Waals surface area contributed by atoms with Crippen LogP contribution in [-0.2, 0) is 0 Å². The van der Waals surface area contributed by atoms with Crippen LogP contribution in [0.4, 0.5) is 34.1 Å². The predicted octanol–water partition coefficient (Wildman–Crippen LogP) is 15.5. The summed E-state index contributed by atoms with van der Waals surface area (Å²) in [4.78, 5) is 3.15. The highest BCUT2D eigenvalue weighted by Crippen LogP contribution is 2.47. The Morgan fingerprint density at radius 1 is 0.350 bits per heavy atom. The first-order valence-corrected chi connectivity index (χ1v) is 19.4. The molecular weight excluding hydrogens is 729 g/mol. The number of aromatic nitrogens is 2. The summed E-state index contributed by atoms with van der Waals surface area (Å²) in [5, 5.41) is 7.55. The molecular formula is C56H38N4. The van der Waals surface area contributed by atoms with E-state index in [4.69, 9.17) is 21.9 Å². The van der Waals surface area contributed by atoms with E-state index in [1.807, 2.05) is 48.5 Å². The molecule has 13 rings (SSSR count). The number of rotatable bonds is 6. The number of para-hydroxylation sites is 4. The maximum Gasteiger partial charge on any atom is 0.0645 e. The van der Waals surface area contributed by atoms with Gasteiger partial charge in [0.1, 0.15) is 0 Å². The van der Waals surface area contributed by atoms with Crippen LogP contribution in [0.3, 0.4) is 0 Å². The highest BCUT2D eigenvalue weighted by atomic mass is 15.1. The van der Waals surface area contributed by atoms with E-state index < -0.39 is 74.1 Å². The number of hydrogen-bond donors (Lipinski definition) is 0. The van der Waals surface area contributed by atoms with Crippen LogP contribution in [0.25, 0.3) is 76.2 Å². The van der Waals surface area contributed by atoms with Crippen molar-refractivity contribution < 1.29 is 21.9 Å². The molecule has 282 valence electrons. The van der Waals surface area contributed by atoms with E-state index in [0.29, 0.717) is 22.7 Å². The molecule has 0 spiro atoms. The van der Waals surface area contributed by atoms with Gasteiger partial charge in [-0.2, -0.15) is 0 Å². The van der Waals surface area contributed by atoms with Gasteiger partial charge >= 0.3 is 0 Å². The Balaban J connectivity index is 1.06. The number of aryl methyl sites for hydroxylation is 2. The van der Waals surface area contributed by atoms with E-state index in [0.717, 1.165) is 76.2 Å². The summed E-state index contributed by atoms with van der Waals surface area (Å²) in [6.07, 6.45) is 0. The van der Waals surface area contributed by atoms with Crippen molar-refractivity contribution >= 4 is 110 Å². The zero-order valence-electron chi connectivity index (χ0n) is 47.5. The standard InChI is InChI=1S/C56H38N4/c1-35-19-23-39(24-20-35)57(37-11-5-3-6-12-37)41-27-29-43-45-15-9-17-47-49-34-54-50(33-53(49)59(55(45)47)51(43)31-41)48-18-10-16-46-44-30-28-42(32-52(44)60(54)56(46)48)58(38-13-7-4-8-14-38)40-25-21-36(2)22-26-40/h3-34H,1-2H3/i1D3,2D3,3D,4D,5D,6D,7D,8D,11D,12D,13D,14D. The van der Waals surface area contributed by atoms with Gasteiger partial charge in [-0.05, 0) is 98.5 Å². The molecule has 4 aromatic heterocycles. The summed E-state index contributed by atoms with van der Waals surface area (Å²) in [5.41, 5.74) is 6.89. The summed E-state index contributed by atoms with van der Waals surface area (Å²) in [6.45, 7) is -4.80. The molecule has 0 N–H and O–H groups in total. The molecule has 0 bridgehead atoms. The minimum absolute atomic E-state index is 0.0848. The zero-order chi connectivity index (χ0) is 53.3. The number of nitrogens with zero attached hydrogens (tertiary/aromatic N) is 4. The molecule has 0 aliphatic rings. The normalized spacial score (nSPS) is 16.4. The van der Waals surface area contributed by atoms with Crippen molar-refractivity contribution in [3.05, 3.63) is 205 Å². The molecule has 0 unspecified atom stereocenters. The molecule has 0 aliphatic heterocycles. The second-order valence-corrected chi connectivity index (χ2v) is 15.1. The third kappa shape index (κ3) is 4.61. The first-order chi connectivity index (χ1) is 36.1. The predicted molar refractivity (Wildman–Crippen MR) is 255 cm³/mol. The van der Waals surface area contributed by atoms with E-state index in [9.17, 15) is 0 Å². The van der Waals surface area contributed by atoms with Gasteiger partial charge in [-0.3, -0.25) is 0 Å². The summed E-state index contributed by atoms with van der Waals surface area (Å²) in [6, 6.07) is 35.3. The van der Waals surface area contributed by atoms with E-state index in [2.05, 4.69) is 45.2 Å². The average molecular weight is 783 g/mol. The number of hydrogen-bond acceptors (Lipinski definition) is 2. The summed E-state index contributed by atoms with van der Waals surface area (Å²) >= 11 is 0. The summed E-state index contributed by atoms with van der Waals surface area (Å²) in [5.74, 6) is 0. The van der Waals surface area contributed by atoms with Crippen molar-refractivity contribution in [2.24, 2.45) is 0 Å². The number of fused-ring (bicyclic) bond motifs is 12. The van der Waals surface area contributed by atoms with Crippen LogP contribution in [-0.4, -0.2) is 8.80 Å². The van der Waals surface area contributed by atoms with Crippen LogP contribution in [0.15, 0.2) is 194 Å². The Morgan fingerprint density at radius 2 is 0.717 bits per heavy atom. The highest BCUT2D eigenvalue weighted by Gasteiger charge is 2.24. The van der Waals surface area contributed by atoms with E-state index in [1.165, 1.54) is 24.3 Å². The molecule has 4 heteroatoms. The second-order valence-electron chi connectivity index (χ2n) is 15.1.